The Morgan fingerprint density at radius 2 is 1.83 bits per heavy atom. The van der Waals surface area contributed by atoms with Gasteiger partial charge in [0.2, 0.25) is 5.91 Å². The number of carbonyl (C=O) groups excluding carboxylic acids is 1. The lowest BCUT2D eigenvalue weighted by Gasteiger charge is -2.21. The van der Waals surface area contributed by atoms with Crippen LogP contribution in [-0.4, -0.2) is 41.5 Å². The summed E-state index contributed by atoms with van der Waals surface area (Å²) in [6, 6.07) is 14.1. The molecule has 0 aliphatic heterocycles. The zero-order chi connectivity index (χ0) is 17.5. The minimum Gasteiger partial charge on any atom is -0.480 e. The number of aliphatic carboxylic acids is 1. The molecule has 2 aromatic rings. The normalized spacial score (nSPS) is 12.3. The van der Waals surface area contributed by atoms with Crippen LogP contribution in [0.3, 0.4) is 0 Å². The fraction of sp³-hybridized carbons (Fsp3) is 0.368. The van der Waals surface area contributed by atoms with Crippen LogP contribution < -0.4 is 5.32 Å². The van der Waals surface area contributed by atoms with E-state index in [2.05, 4.69) is 17.4 Å². The molecule has 0 aromatic heterocycles. The lowest BCUT2D eigenvalue weighted by atomic mass is 10.0. The summed E-state index contributed by atoms with van der Waals surface area (Å²) in [5.41, 5.74) is 1.03. The number of rotatable bonds is 8. The van der Waals surface area contributed by atoms with Crippen LogP contribution in [-0.2, 0) is 9.59 Å². The second-order valence-corrected chi connectivity index (χ2v) is 6.00. The van der Waals surface area contributed by atoms with Crippen molar-refractivity contribution in [3.8, 4) is 0 Å². The number of hydrogen-bond donors (Lipinski definition) is 2. The first kappa shape index (κ1) is 17.9. The summed E-state index contributed by atoms with van der Waals surface area (Å²) in [6.45, 7) is 4.46. The van der Waals surface area contributed by atoms with Crippen molar-refractivity contribution in [1.29, 1.82) is 0 Å². The molecule has 2 rings (SSSR count). The van der Waals surface area contributed by atoms with Crippen LogP contribution in [0.5, 0.6) is 0 Å². The molecule has 1 atom stereocenters. The lowest BCUT2D eigenvalue weighted by molar-refractivity contribution is -0.138. The minimum absolute atomic E-state index is 0.0953. The summed E-state index contributed by atoms with van der Waals surface area (Å²) in [4.78, 5) is 24.7. The molecule has 24 heavy (non-hydrogen) atoms. The number of carboxylic acids is 1. The van der Waals surface area contributed by atoms with Gasteiger partial charge in [0.1, 0.15) is 0 Å². The molecular weight excluding hydrogens is 304 g/mol. The molecule has 0 aliphatic rings. The van der Waals surface area contributed by atoms with Gasteiger partial charge in [-0.25, -0.2) is 0 Å². The Morgan fingerprint density at radius 1 is 1.12 bits per heavy atom. The van der Waals surface area contributed by atoms with E-state index in [4.69, 9.17) is 5.11 Å². The Balaban J connectivity index is 1.99. The van der Waals surface area contributed by atoms with Crippen molar-refractivity contribution >= 4 is 22.6 Å². The van der Waals surface area contributed by atoms with Gasteiger partial charge in [-0.05, 0) is 42.3 Å². The molecule has 0 saturated carbocycles. The van der Waals surface area contributed by atoms with Crippen molar-refractivity contribution in [2.75, 3.05) is 19.6 Å². The average Bonchev–Trinajstić information content (AvgIpc) is 2.53. The molecular formula is C19H24N2O3. The largest absolute Gasteiger partial charge is 0.480 e. The summed E-state index contributed by atoms with van der Waals surface area (Å²) in [5, 5.41) is 14.2. The van der Waals surface area contributed by atoms with Crippen molar-refractivity contribution in [3.63, 3.8) is 0 Å². The SMILES string of the molecule is CCCN(CC(=O)O)CC(=O)NC(C)c1ccc2ccccc2c1. The van der Waals surface area contributed by atoms with E-state index in [1.807, 2.05) is 44.2 Å². The zero-order valence-corrected chi connectivity index (χ0v) is 14.2. The lowest BCUT2D eigenvalue weighted by Crippen LogP contribution is -2.40. The van der Waals surface area contributed by atoms with E-state index in [-0.39, 0.29) is 25.0 Å². The fourth-order valence-corrected chi connectivity index (χ4v) is 2.77. The highest BCUT2D eigenvalue weighted by atomic mass is 16.4. The van der Waals surface area contributed by atoms with Crippen molar-refractivity contribution in [3.05, 3.63) is 48.0 Å². The van der Waals surface area contributed by atoms with Crippen molar-refractivity contribution in [2.24, 2.45) is 0 Å². The second-order valence-electron chi connectivity index (χ2n) is 6.00. The van der Waals surface area contributed by atoms with Crippen LogP contribution in [0.1, 0.15) is 31.9 Å². The highest BCUT2D eigenvalue weighted by molar-refractivity contribution is 5.83. The number of fused-ring (bicyclic) bond motifs is 1. The quantitative estimate of drug-likeness (QED) is 0.782. The Morgan fingerprint density at radius 3 is 2.50 bits per heavy atom. The first-order valence-corrected chi connectivity index (χ1v) is 8.21. The Bertz CT molecular complexity index is 715. The number of nitrogens with zero attached hydrogens (tertiary/aromatic N) is 1. The van der Waals surface area contributed by atoms with E-state index in [9.17, 15) is 9.59 Å². The third-order valence-electron chi connectivity index (χ3n) is 3.92. The third-order valence-corrected chi connectivity index (χ3v) is 3.92. The summed E-state index contributed by atoms with van der Waals surface area (Å²) in [7, 11) is 0. The Hall–Kier alpha value is -2.40. The molecule has 0 fully saturated rings. The smallest absolute Gasteiger partial charge is 0.317 e. The second kappa shape index (κ2) is 8.45. The number of carbonyl (C=O) groups is 2. The van der Waals surface area contributed by atoms with Crippen molar-refractivity contribution in [1.82, 2.24) is 10.2 Å². The van der Waals surface area contributed by atoms with Crippen LogP contribution in [0.25, 0.3) is 10.8 Å². The van der Waals surface area contributed by atoms with Crippen LogP contribution in [0, 0.1) is 0 Å². The van der Waals surface area contributed by atoms with Gasteiger partial charge in [0.15, 0.2) is 0 Å². The predicted molar refractivity (Wildman–Crippen MR) is 94.9 cm³/mol. The molecule has 1 amide bonds. The van der Waals surface area contributed by atoms with Gasteiger partial charge >= 0.3 is 5.97 Å². The molecule has 0 aliphatic carbocycles. The highest BCUT2D eigenvalue weighted by Gasteiger charge is 2.15. The maximum atomic E-state index is 12.2. The molecule has 5 nitrogen and oxygen atoms in total. The van der Waals surface area contributed by atoms with E-state index in [0.29, 0.717) is 6.54 Å². The zero-order valence-electron chi connectivity index (χ0n) is 14.2. The maximum absolute atomic E-state index is 12.2. The number of carboxylic acid groups (broad SMARTS) is 1. The van der Waals surface area contributed by atoms with Crippen molar-refractivity contribution < 1.29 is 14.7 Å². The topological polar surface area (TPSA) is 69.6 Å². The van der Waals surface area contributed by atoms with Gasteiger partial charge in [-0.2, -0.15) is 0 Å². The first-order chi connectivity index (χ1) is 11.5. The summed E-state index contributed by atoms with van der Waals surface area (Å²) in [6.07, 6.45) is 0.806. The number of nitrogens with one attached hydrogen (secondary N) is 1. The maximum Gasteiger partial charge on any atom is 0.317 e. The van der Waals surface area contributed by atoms with Gasteiger partial charge in [0.05, 0.1) is 19.1 Å². The minimum atomic E-state index is -0.918. The summed E-state index contributed by atoms with van der Waals surface area (Å²) in [5.74, 6) is -1.08. The van der Waals surface area contributed by atoms with Crippen LogP contribution >= 0.6 is 0 Å². The van der Waals surface area contributed by atoms with Crippen LogP contribution in [0.15, 0.2) is 42.5 Å². The Kier molecular flexibility index (Phi) is 6.32. The van der Waals surface area contributed by atoms with Crippen LogP contribution in [0.2, 0.25) is 0 Å². The summed E-state index contributed by atoms with van der Waals surface area (Å²) >= 11 is 0. The number of amides is 1. The molecule has 0 spiro atoms. The van der Waals surface area contributed by atoms with Gasteiger partial charge in [0, 0.05) is 0 Å². The van der Waals surface area contributed by atoms with E-state index in [0.717, 1.165) is 22.8 Å². The summed E-state index contributed by atoms with van der Waals surface area (Å²) < 4.78 is 0. The first-order valence-electron chi connectivity index (χ1n) is 8.21. The van der Waals surface area contributed by atoms with E-state index in [1.165, 1.54) is 0 Å². The third kappa shape index (κ3) is 5.06. The fourth-order valence-electron chi connectivity index (χ4n) is 2.77. The monoisotopic (exact) mass is 328 g/mol. The predicted octanol–water partition coefficient (Wildman–Crippen LogP) is 2.81. The van der Waals surface area contributed by atoms with Crippen molar-refractivity contribution in [2.45, 2.75) is 26.3 Å². The van der Waals surface area contributed by atoms with E-state index >= 15 is 0 Å². The molecule has 5 heteroatoms. The molecule has 2 N–H and O–H groups in total. The molecule has 0 radical (unpaired) electrons. The van der Waals surface area contributed by atoms with Gasteiger partial charge < -0.3 is 10.4 Å². The standard InChI is InChI=1S/C19H24N2O3/c1-3-10-21(13-19(23)24)12-18(22)20-14(2)16-9-8-15-6-4-5-7-17(15)11-16/h4-9,11,14H,3,10,12-13H2,1-2H3,(H,20,22)(H,23,24). The molecule has 0 bridgehead atoms. The van der Waals surface area contributed by atoms with E-state index in [1.54, 1.807) is 4.90 Å². The number of hydrogen-bond acceptors (Lipinski definition) is 3. The van der Waals surface area contributed by atoms with Gasteiger partial charge in [-0.3, -0.25) is 14.5 Å². The molecule has 0 heterocycles. The molecule has 128 valence electrons. The average molecular weight is 328 g/mol. The number of benzene rings is 2. The van der Waals surface area contributed by atoms with E-state index < -0.39 is 5.97 Å². The Labute approximate surface area is 142 Å². The van der Waals surface area contributed by atoms with Crippen LogP contribution in [0.4, 0.5) is 0 Å². The molecule has 0 saturated heterocycles. The van der Waals surface area contributed by atoms with Gasteiger partial charge in [-0.15, -0.1) is 0 Å². The van der Waals surface area contributed by atoms with Gasteiger partial charge in [0.25, 0.3) is 0 Å². The molecule has 1 unspecified atom stereocenters. The highest BCUT2D eigenvalue weighted by Crippen LogP contribution is 2.20. The van der Waals surface area contributed by atoms with Gasteiger partial charge in [-0.1, -0.05) is 43.3 Å². The molecule has 2 aromatic carbocycles.